The average Bonchev–Trinajstić information content (AvgIpc) is 3.06. The molecule has 22 heavy (non-hydrogen) atoms. The van der Waals surface area contributed by atoms with E-state index in [0.29, 0.717) is 0 Å². The molecule has 0 unspecified atom stereocenters. The zero-order chi connectivity index (χ0) is 12.7. The maximum atomic E-state index is 2.30. The second-order valence-corrected chi connectivity index (χ2v) is 5.41. The van der Waals surface area contributed by atoms with Gasteiger partial charge in [0.1, 0.15) is 0 Å². The van der Waals surface area contributed by atoms with Crippen LogP contribution in [0.2, 0.25) is 0 Å². The minimum Gasteiger partial charge on any atom is -0.147 e. The van der Waals surface area contributed by atoms with E-state index in [1.54, 1.807) is 0 Å². The third kappa shape index (κ3) is 3.48. The minimum atomic E-state index is 0. The Balaban J connectivity index is 0.000000807. The topological polar surface area (TPSA) is 0 Å². The van der Waals surface area contributed by atoms with Crippen molar-refractivity contribution in [3.05, 3.63) is 83.0 Å². The molecule has 0 fully saturated rings. The minimum absolute atomic E-state index is 0. The molecule has 0 spiro atoms. The number of rotatable bonds is 2. The second kappa shape index (κ2) is 8.29. The number of allylic oxidation sites excluding steroid dienone is 4. The van der Waals surface area contributed by atoms with E-state index < -0.39 is 0 Å². The fourth-order valence-corrected chi connectivity index (χ4v) is 3.26. The first kappa shape index (κ1) is 19.4. The molecule has 0 aromatic heterocycles. The summed E-state index contributed by atoms with van der Waals surface area (Å²) in [5.41, 5.74) is 8.92. The molecular weight excluding hydrogens is 478 g/mol. The van der Waals surface area contributed by atoms with E-state index in [0.717, 1.165) is 19.3 Å². The Morgan fingerprint density at radius 1 is 0.864 bits per heavy atom. The van der Waals surface area contributed by atoms with Crippen LogP contribution in [0.1, 0.15) is 23.1 Å². The van der Waals surface area contributed by atoms with Gasteiger partial charge in [-0.25, -0.2) is 0 Å². The van der Waals surface area contributed by atoms with Gasteiger partial charge in [-0.15, -0.1) is 24.8 Å². The summed E-state index contributed by atoms with van der Waals surface area (Å²) in [6.45, 7) is 0. The van der Waals surface area contributed by atoms with Crippen LogP contribution in [0.5, 0.6) is 0 Å². The smallest absolute Gasteiger partial charge is 0 e. The van der Waals surface area contributed by atoms with Crippen LogP contribution < -0.4 is 0 Å². The molecule has 0 N–H and O–H groups in total. The molecule has 3 heteroatoms. The summed E-state index contributed by atoms with van der Waals surface area (Å²) in [7, 11) is 0. The van der Waals surface area contributed by atoms with E-state index in [1.807, 2.05) is 0 Å². The van der Waals surface area contributed by atoms with Gasteiger partial charge in [0.05, 0.1) is 0 Å². The molecule has 0 amide bonds. The summed E-state index contributed by atoms with van der Waals surface area (Å²) in [5.74, 6) is 0. The van der Waals surface area contributed by atoms with Gasteiger partial charge in [-0.2, -0.15) is 0 Å². The van der Waals surface area contributed by atoms with Crippen LogP contribution >= 0.6 is 24.8 Å². The van der Waals surface area contributed by atoms with Crippen molar-refractivity contribution in [2.45, 2.75) is 19.3 Å². The standard InChI is InChI=1S/C19H16.2ClH.Hf/c1-2-7-14(6-1)12-15-9-5-11-18-17-10-4-3-8-16(17)13-19(15)18;;;/h1-6,8-11H,7,12-13H2;2*1H;. The van der Waals surface area contributed by atoms with E-state index >= 15 is 0 Å². The number of benzene rings is 2. The van der Waals surface area contributed by atoms with Gasteiger partial charge < -0.3 is 0 Å². The van der Waals surface area contributed by atoms with Crippen LogP contribution in [0, 0.1) is 0 Å². The molecule has 0 heterocycles. The van der Waals surface area contributed by atoms with E-state index in [9.17, 15) is 0 Å². The van der Waals surface area contributed by atoms with Crippen molar-refractivity contribution in [2.24, 2.45) is 0 Å². The predicted octanol–water partition coefficient (Wildman–Crippen LogP) is 5.53. The fourth-order valence-electron chi connectivity index (χ4n) is 3.26. The molecule has 0 aliphatic heterocycles. The molecule has 0 saturated heterocycles. The molecule has 0 radical (unpaired) electrons. The summed E-state index contributed by atoms with van der Waals surface area (Å²) >= 11 is 0. The van der Waals surface area contributed by atoms with Crippen molar-refractivity contribution in [3.63, 3.8) is 0 Å². The number of hydrogen-bond donors (Lipinski definition) is 0. The predicted molar refractivity (Wildman–Crippen MR) is 94.7 cm³/mol. The van der Waals surface area contributed by atoms with E-state index in [1.165, 1.54) is 33.4 Å². The number of halogens is 2. The first-order valence-corrected chi connectivity index (χ1v) is 6.95. The monoisotopic (exact) mass is 496 g/mol. The van der Waals surface area contributed by atoms with Gasteiger partial charge >= 0.3 is 0 Å². The third-order valence-corrected chi connectivity index (χ3v) is 4.21. The summed E-state index contributed by atoms with van der Waals surface area (Å²) in [6, 6.07) is 15.6. The van der Waals surface area contributed by atoms with Gasteiger partial charge in [-0.3, -0.25) is 0 Å². The van der Waals surface area contributed by atoms with Crippen LogP contribution in [0.25, 0.3) is 11.1 Å². The second-order valence-electron chi connectivity index (χ2n) is 5.41. The van der Waals surface area contributed by atoms with Crippen molar-refractivity contribution >= 4 is 24.8 Å². The van der Waals surface area contributed by atoms with Gasteiger partial charge in [-0.05, 0) is 47.1 Å². The molecule has 0 bridgehead atoms. The normalized spacial score (nSPS) is 13.2. The van der Waals surface area contributed by atoms with Gasteiger partial charge in [0.2, 0.25) is 0 Å². The Kier molecular flexibility index (Phi) is 7.31. The molecule has 2 aromatic carbocycles. The Morgan fingerprint density at radius 2 is 1.64 bits per heavy atom. The van der Waals surface area contributed by atoms with Crippen molar-refractivity contribution in [2.75, 3.05) is 0 Å². The molecule has 2 aromatic rings. The van der Waals surface area contributed by atoms with Crippen LogP contribution in [0.4, 0.5) is 0 Å². The Labute approximate surface area is 163 Å². The maximum absolute atomic E-state index is 2.30. The van der Waals surface area contributed by atoms with E-state index in [4.69, 9.17) is 0 Å². The first-order valence-electron chi connectivity index (χ1n) is 6.95. The molecule has 2 aliphatic carbocycles. The average molecular weight is 496 g/mol. The SMILES string of the molecule is C1=CCC(Cc2cccc3c2Cc2ccccc2-3)=C1.Cl.Cl.[Hf]. The van der Waals surface area contributed by atoms with Crippen LogP contribution in [0.15, 0.2) is 66.3 Å². The molecular formula is C19H18Cl2Hf. The third-order valence-electron chi connectivity index (χ3n) is 4.21. The van der Waals surface area contributed by atoms with Gasteiger partial charge in [0, 0.05) is 25.8 Å². The zero-order valence-electron chi connectivity index (χ0n) is 12.2. The fraction of sp³-hybridized carbons (Fsp3) is 0.158. The summed E-state index contributed by atoms with van der Waals surface area (Å²) < 4.78 is 0. The van der Waals surface area contributed by atoms with Crippen molar-refractivity contribution in [1.82, 2.24) is 0 Å². The Hall–Kier alpha value is -0.630. The van der Waals surface area contributed by atoms with Crippen LogP contribution in [-0.4, -0.2) is 0 Å². The summed E-state index contributed by atoms with van der Waals surface area (Å²) in [4.78, 5) is 0. The van der Waals surface area contributed by atoms with Crippen LogP contribution in [0.3, 0.4) is 0 Å². The number of fused-ring (bicyclic) bond motifs is 3. The quantitative estimate of drug-likeness (QED) is 0.410. The van der Waals surface area contributed by atoms with Crippen molar-refractivity contribution in [3.8, 4) is 11.1 Å². The first-order chi connectivity index (χ1) is 9.42. The molecule has 2 aliphatic rings. The van der Waals surface area contributed by atoms with Crippen molar-refractivity contribution in [1.29, 1.82) is 0 Å². The summed E-state index contributed by atoms with van der Waals surface area (Å²) in [6.07, 6.45) is 10.0. The molecule has 4 rings (SSSR count). The Morgan fingerprint density at radius 3 is 2.41 bits per heavy atom. The molecule has 0 nitrogen and oxygen atoms in total. The molecule has 0 atom stereocenters. The van der Waals surface area contributed by atoms with Gasteiger partial charge in [-0.1, -0.05) is 66.3 Å². The van der Waals surface area contributed by atoms with Crippen LogP contribution in [-0.2, 0) is 38.7 Å². The van der Waals surface area contributed by atoms with E-state index in [-0.39, 0.29) is 50.7 Å². The van der Waals surface area contributed by atoms with Gasteiger partial charge in [0.15, 0.2) is 0 Å². The van der Waals surface area contributed by atoms with E-state index in [2.05, 4.69) is 60.7 Å². The molecule has 0 saturated carbocycles. The van der Waals surface area contributed by atoms with Crippen molar-refractivity contribution < 1.29 is 25.8 Å². The van der Waals surface area contributed by atoms with Gasteiger partial charge in [0.25, 0.3) is 0 Å². The molecule has 112 valence electrons. The maximum Gasteiger partial charge on any atom is 0 e. The number of hydrogen-bond acceptors (Lipinski definition) is 0. The summed E-state index contributed by atoms with van der Waals surface area (Å²) in [5, 5.41) is 0. The Bertz CT molecular complexity index is 717. The largest absolute Gasteiger partial charge is 0.147 e. The zero-order valence-corrected chi connectivity index (χ0v) is 17.4.